The normalized spacial score (nSPS) is 25.4. The molecule has 0 aromatic heterocycles. The second-order valence-electron chi connectivity index (χ2n) is 7.70. The number of piperazine rings is 1. The quantitative estimate of drug-likeness (QED) is 0.913. The Balaban J connectivity index is 1.60. The highest BCUT2D eigenvalue weighted by Crippen LogP contribution is 2.29. The van der Waals surface area contributed by atoms with E-state index < -0.39 is 0 Å². The lowest BCUT2D eigenvalue weighted by molar-refractivity contribution is -0.136. The molecule has 4 nitrogen and oxygen atoms in total. The van der Waals surface area contributed by atoms with Crippen LogP contribution in [0.1, 0.15) is 43.9 Å². The van der Waals surface area contributed by atoms with Crippen LogP contribution in [0, 0.1) is 18.7 Å². The lowest BCUT2D eigenvalue weighted by Gasteiger charge is -2.43. The number of nitrogens with zero attached hydrogens (tertiary/aromatic N) is 2. The van der Waals surface area contributed by atoms with Gasteiger partial charge in [0.15, 0.2) is 0 Å². The van der Waals surface area contributed by atoms with Gasteiger partial charge in [0.05, 0.1) is 0 Å². The third-order valence-electron chi connectivity index (χ3n) is 5.62. The fourth-order valence-electron chi connectivity index (χ4n) is 4.17. The van der Waals surface area contributed by atoms with Crippen molar-refractivity contribution in [1.29, 1.82) is 0 Å². The van der Waals surface area contributed by atoms with Crippen molar-refractivity contribution >= 4 is 5.91 Å². The van der Waals surface area contributed by atoms with E-state index in [9.17, 15) is 9.18 Å². The fraction of sp³-hybridized carbons (Fsp3) is 0.650. The number of rotatable bonds is 3. The third-order valence-corrected chi connectivity index (χ3v) is 5.62. The summed E-state index contributed by atoms with van der Waals surface area (Å²) in [4.78, 5) is 16.7. The zero-order valence-corrected chi connectivity index (χ0v) is 15.6. The van der Waals surface area contributed by atoms with Gasteiger partial charge in [-0.2, -0.15) is 0 Å². The minimum absolute atomic E-state index is 0.0799. The molecule has 2 atom stereocenters. The van der Waals surface area contributed by atoms with Gasteiger partial charge in [0.25, 0.3) is 0 Å². The van der Waals surface area contributed by atoms with Gasteiger partial charge in [0.1, 0.15) is 5.82 Å². The topological polar surface area (TPSA) is 35.6 Å². The summed E-state index contributed by atoms with van der Waals surface area (Å²) in [6.45, 7) is 10.5. The number of nitrogens with one attached hydrogen (secondary N) is 1. The number of carbonyl (C=O) groups is 1. The molecule has 0 bridgehead atoms. The van der Waals surface area contributed by atoms with Crippen molar-refractivity contribution in [2.24, 2.45) is 5.92 Å². The van der Waals surface area contributed by atoms with Crippen LogP contribution in [0.4, 0.5) is 4.39 Å². The van der Waals surface area contributed by atoms with Crippen LogP contribution in [-0.4, -0.2) is 54.5 Å². The third kappa shape index (κ3) is 4.21. The molecule has 0 saturated carbocycles. The van der Waals surface area contributed by atoms with E-state index in [1.54, 1.807) is 12.1 Å². The van der Waals surface area contributed by atoms with Crippen LogP contribution in [0.25, 0.3) is 0 Å². The summed E-state index contributed by atoms with van der Waals surface area (Å²) in [6, 6.07) is 5.92. The average Bonchev–Trinajstić information content (AvgIpc) is 2.61. The largest absolute Gasteiger partial charge is 0.340 e. The van der Waals surface area contributed by atoms with Crippen molar-refractivity contribution in [1.82, 2.24) is 15.1 Å². The highest BCUT2D eigenvalue weighted by molar-refractivity contribution is 5.78. The molecule has 1 N–H and O–H groups in total. The fourth-order valence-corrected chi connectivity index (χ4v) is 4.17. The smallest absolute Gasteiger partial charge is 0.225 e. The van der Waals surface area contributed by atoms with Crippen molar-refractivity contribution in [2.45, 2.75) is 45.7 Å². The van der Waals surface area contributed by atoms with Crippen LogP contribution in [0.15, 0.2) is 18.2 Å². The maximum atomic E-state index is 13.4. The highest BCUT2D eigenvalue weighted by atomic mass is 19.1. The first-order valence-electron chi connectivity index (χ1n) is 9.48. The van der Waals surface area contributed by atoms with Gasteiger partial charge in [-0.3, -0.25) is 9.69 Å². The number of carbonyl (C=O) groups excluding carboxylic acids is 1. The van der Waals surface area contributed by atoms with Gasteiger partial charge in [-0.15, -0.1) is 0 Å². The number of benzene rings is 1. The Hall–Kier alpha value is -1.46. The molecule has 0 spiro atoms. The first-order valence-corrected chi connectivity index (χ1v) is 9.48. The summed E-state index contributed by atoms with van der Waals surface area (Å²) in [5.74, 6) is 0.181. The summed E-state index contributed by atoms with van der Waals surface area (Å²) < 4.78 is 13.4. The second-order valence-corrected chi connectivity index (χ2v) is 7.70. The van der Waals surface area contributed by atoms with Crippen LogP contribution in [-0.2, 0) is 4.79 Å². The number of amides is 1. The van der Waals surface area contributed by atoms with E-state index in [4.69, 9.17) is 0 Å². The van der Waals surface area contributed by atoms with E-state index in [0.29, 0.717) is 6.04 Å². The predicted molar refractivity (Wildman–Crippen MR) is 97.9 cm³/mol. The zero-order chi connectivity index (χ0) is 18.0. The molecule has 1 aromatic rings. The molecule has 1 amide bonds. The number of halogens is 1. The molecule has 2 aliphatic heterocycles. The maximum Gasteiger partial charge on any atom is 0.225 e. The van der Waals surface area contributed by atoms with Crippen molar-refractivity contribution in [3.63, 3.8) is 0 Å². The Bertz CT molecular complexity index is 611. The minimum atomic E-state index is -0.167. The van der Waals surface area contributed by atoms with Crippen LogP contribution in [0.2, 0.25) is 0 Å². The molecule has 138 valence electrons. The SMILES string of the molecule is Cc1cc(F)ccc1[C@H]1C[C@H](N2CCN(C(=O)C(C)C)CC2)CCN1. The molecule has 5 heteroatoms. The monoisotopic (exact) mass is 347 g/mol. The van der Waals surface area contributed by atoms with Gasteiger partial charge in [-0.1, -0.05) is 19.9 Å². The van der Waals surface area contributed by atoms with Crippen molar-refractivity contribution in [2.75, 3.05) is 32.7 Å². The zero-order valence-electron chi connectivity index (χ0n) is 15.6. The standard InChI is InChI=1S/C20H30FN3O/c1-14(2)20(25)24-10-8-23(9-11-24)17-6-7-22-19(13-17)18-5-4-16(21)12-15(18)3/h4-5,12,14,17,19,22H,6-11,13H2,1-3H3/t17-,19-/m1/s1. The Morgan fingerprint density at radius 1 is 1.24 bits per heavy atom. The average molecular weight is 347 g/mol. The number of hydrogen-bond acceptors (Lipinski definition) is 3. The molecule has 2 saturated heterocycles. The summed E-state index contributed by atoms with van der Waals surface area (Å²) in [7, 11) is 0. The number of aryl methyl sites for hydroxylation is 1. The van der Waals surface area contributed by atoms with Gasteiger partial charge < -0.3 is 10.2 Å². The van der Waals surface area contributed by atoms with E-state index in [2.05, 4.69) is 10.2 Å². The van der Waals surface area contributed by atoms with Gasteiger partial charge in [-0.25, -0.2) is 4.39 Å². The molecule has 0 aliphatic carbocycles. The number of hydrogen-bond donors (Lipinski definition) is 1. The van der Waals surface area contributed by atoms with Crippen molar-refractivity contribution < 1.29 is 9.18 Å². The Morgan fingerprint density at radius 3 is 2.60 bits per heavy atom. The Labute approximate surface area is 150 Å². The first-order chi connectivity index (χ1) is 12.0. The molecule has 1 aromatic carbocycles. The second kappa shape index (κ2) is 7.83. The molecule has 25 heavy (non-hydrogen) atoms. The van der Waals surface area contributed by atoms with E-state index in [1.807, 2.05) is 31.7 Å². The first kappa shape index (κ1) is 18.3. The predicted octanol–water partition coefficient (Wildman–Crippen LogP) is 2.73. The van der Waals surface area contributed by atoms with Crippen LogP contribution >= 0.6 is 0 Å². The summed E-state index contributed by atoms with van der Waals surface area (Å²) in [6.07, 6.45) is 2.18. The van der Waals surface area contributed by atoms with E-state index in [1.165, 1.54) is 5.56 Å². The minimum Gasteiger partial charge on any atom is -0.340 e. The number of piperidine rings is 1. The molecule has 2 heterocycles. The highest BCUT2D eigenvalue weighted by Gasteiger charge is 2.31. The van der Waals surface area contributed by atoms with Gasteiger partial charge >= 0.3 is 0 Å². The Kier molecular flexibility index (Phi) is 5.74. The summed E-state index contributed by atoms with van der Waals surface area (Å²) in [5.41, 5.74) is 2.23. The molecule has 0 unspecified atom stereocenters. The van der Waals surface area contributed by atoms with E-state index in [0.717, 1.165) is 51.1 Å². The molecular formula is C20H30FN3O. The molecular weight excluding hydrogens is 317 g/mol. The molecule has 2 aliphatic rings. The maximum absolute atomic E-state index is 13.4. The Morgan fingerprint density at radius 2 is 1.96 bits per heavy atom. The molecule has 3 rings (SSSR count). The van der Waals surface area contributed by atoms with E-state index in [-0.39, 0.29) is 23.7 Å². The van der Waals surface area contributed by atoms with Gasteiger partial charge in [0.2, 0.25) is 5.91 Å². The van der Waals surface area contributed by atoms with Crippen LogP contribution < -0.4 is 5.32 Å². The van der Waals surface area contributed by atoms with Crippen LogP contribution in [0.3, 0.4) is 0 Å². The molecule has 2 fully saturated rings. The van der Waals surface area contributed by atoms with Crippen LogP contribution in [0.5, 0.6) is 0 Å². The van der Waals surface area contributed by atoms with Gasteiger partial charge in [0, 0.05) is 44.2 Å². The lowest BCUT2D eigenvalue weighted by atomic mass is 9.90. The lowest BCUT2D eigenvalue weighted by Crippen LogP contribution is -2.54. The van der Waals surface area contributed by atoms with E-state index >= 15 is 0 Å². The van der Waals surface area contributed by atoms with Crippen molar-refractivity contribution in [3.05, 3.63) is 35.1 Å². The van der Waals surface area contributed by atoms with Gasteiger partial charge in [-0.05, 0) is 49.6 Å². The summed E-state index contributed by atoms with van der Waals surface area (Å²) in [5, 5.41) is 3.59. The van der Waals surface area contributed by atoms with Crippen molar-refractivity contribution in [3.8, 4) is 0 Å². The molecule has 0 radical (unpaired) electrons. The summed E-state index contributed by atoms with van der Waals surface area (Å²) >= 11 is 0.